The van der Waals surface area contributed by atoms with Gasteiger partial charge in [0.1, 0.15) is 5.56 Å². The van der Waals surface area contributed by atoms with Gasteiger partial charge >= 0.3 is 5.97 Å². The summed E-state index contributed by atoms with van der Waals surface area (Å²) in [4.78, 5) is 26.7. The number of aromatic nitrogens is 2. The van der Waals surface area contributed by atoms with Crippen LogP contribution in [0.15, 0.2) is 36.5 Å². The van der Waals surface area contributed by atoms with Gasteiger partial charge in [0, 0.05) is 24.4 Å². The summed E-state index contributed by atoms with van der Waals surface area (Å²) in [6, 6.07) is 9.52. The molecule has 29 heavy (non-hydrogen) atoms. The van der Waals surface area contributed by atoms with Crippen molar-refractivity contribution >= 4 is 30.0 Å². The van der Waals surface area contributed by atoms with E-state index in [2.05, 4.69) is 12.0 Å². The highest BCUT2D eigenvalue weighted by Crippen LogP contribution is 2.32. The SMILES string of the molecule is CC(C)N(c1nn(/C=C/c2ccccc2)cc1C(=O)O)C(=O)[C@H]1CC[C@H](C)CC1. The molecule has 1 heterocycles. The van der Waals surface area contributed by atoms with E-state index in [4.69, 9.17) is 0 Å². The van der Waals surface area contributed by atoms with E-state index in [0.717, 1.165) is 31.2 Å². The van der Waals surface area contributed by atoms with Crippen molar-refractivity contribution in [1.82, 2.24) is 9.78 Å². The molecule has 0 bridgehead atoms. The molecule has 0 aliphatic heterocycles. The molecule has 0 atom stereocenters. The van der Waals surface area contributed by atoms with Crippen LogP contribution in [0.3, 0.4) is 0 Å². The number of rotatable bonds is 6. The molecule has 0 saturated heterocycles. The van der Waals surface area contributed by atoms with Gasteiger partial charge in [-0.05, 0) is 57.1 Å². The summed E-state index contributed by atoms with van der Waals surface area (Å²) >= 11 is 0. The normalized spacial score (nSPS) is 19.6. The standard InChI is InChI=1S/C23H29N3O3/c1-16(2)26(22(27)19-11-9-17(3)10-12-19)21-20(23(28)29)15-25(24-21)14-13-18-7-5-4-6-8-18/h4-8,13-17,19H,9-12H2,1-3H3,(H,28,29)/b14-13+/t17-,19-. The number of amides is 1. The Labute approximate surface area is 171 Å². The number of aromatic carboxylic acids is 1. The van der Waals surface area contributed by atoms with Crippen LogP contribution in [0.1, 0.15) is 62.4 Å². The Bertz CT molecular complexity index is 878. The molecular weight excluding hydrogens is 366 g/mol. The fourth-order valence-electron chi connectivity index (χ4n) is 3.82. The third kappa shape index (κ3) is 4.94. The Morgan fingerprint density at radius 2 is 1.83 bits per heavy atom. The van der Waals surface area contributed by atoms with Gasteiger partial charge in [0.25, 0.3) is 0 Å². The third-order valence-corrected chi connectivity index (χ3v) is 5.51. The monoisotopic (exact) mass is 395 g/mol. The van der Waals surface area contributed by atoms with Crippen LogP contribution in [-0.4, -0.2) is 32.8 Å². The molecule has 1 amide bonds. The van der Waals surface area contributed by atoms with Crippen LogP contribution in [0.2, 0.25) is 0 Å². The van der Waals surface area contributed by atoms with Gasteiger partial charge in [-0.25, -0.2) is 9.48 Å². The first-order chi connectivity index (χ1) is 13.9. The molecule has 6 nitrogen and oxygen atoms in total. The van der Waals surface area contributed by atoms with E-state index in [1.54, 1.807) is 11.1 Å². The van der Waals surface area contributed by atoms with Crippen molar-refractivity contribution in [1.29, 1.82) is 0 Å². The first-order valence-corrected chi connectivity index (χ1v) is 10.3. The Hall–Kier alpha value is -2.89. The van der Waals surface area contributed by atoms with E-state index in [0.29, 0.717) is 5.92 Å². The minimum atomic E-state index is -1.09. The smallest absolute Gasteiger partial charge is 0.341 e. The molecule has 1 aromatic carbocycles. The largest absolute Gasteiger partial charge is 0.477 e. The molecule has 0 radical (unpaired) electrons. The van der Waals surface area contributed by atoms with Gasteiger partial charge in [0.2, 0.25) is 5.91 Å². The van der Waals surface area contributed by atoms with Crippen LogP contribution < -0.4 is 4.90 Å². The van der Waals surface area contributed by atoms with Crippen LogP contribution in [0.4, 0.5) is 5.82 Å². The van der Waals surface area contributed by atoms with Gasteiger partial charge in [-0.15, -0.1) is 5.10 Å². The minimum absolute atomic E-state index is 0.0216. The first kappa shape index (κ1) is 20.8. The highest BCUT2D eigenvalue weighted by atomic mass is 16.4. The van der Waals surface area contributed by atoms with Crippen molar-refractivity contribution < 1.29 is 14.7 Å². The van der Waals surface area contributed by atoms with Gasteiger partial charge in [0.15, 0.2) is 5.82 Å². The number of carboxylic acids is 1. The van der Waals surface area contributed by atoms with E-state index < -0.39 is 5.97 Å². The second-order valence-electron chi connectivity index (χ2n) is 8.14. The average Bonchev–Trinajstić information content (AvgIpc) is 3.11. The lowest BCUT2D eigenvalue weighted by Gasteiger charge is -2.32. The summed E-state index contributed by atoms with van der Waals surface area (Å²) in [5.41, 5.74) is 1.02. The molecule has 6 heteroatoms. The predicted octanol–water partition coefficient (Wildman–Crippen LogP) is 4.78. The van der Waals surface area contributed by atoms with Crippen LogP contribution in [0, 0.1) is 11.8 Å². The number of hydrogen-bond acceptors (Lipinski definition) is 3. The number of hydrogen-bond donors (Lipinski definition) is 1. The maximum absolute atomic E-state index is 13.3. The van der Waals surface area contributed by atoms with Crippen LogP contribution in [-0.2, 0) is 4.79 Å². The topological polar surface area (TPSA) is 75.4 Å². The van der Waals surface area contributed by atoms with Crippen molar-refractivity contribution in [3.63, 3.8) is 0 Å². The van der Waals surface area contributed by atoms with Gasteiger partial charge in [-0.3, -0.25) is 9.69 Å². The zero-order valence-corrected chi connectivity index (χ0v) is 17.3. The molecule has 0 unspecified atom stereocenters. The minimum Gasteiger partial charge on any atom is -0.477 e. The second-order valence-corrected chi connectivity index (χ2v) is 8.14. The molecular formula is C23H29N3O3. The molecule has 1 fully saturated rings. The van der Waals surface area contributed by atoms with E-state index >= 15 is 0 Å². The first-order valence-electron chi connectivity index (χ1n) is 10.3. The fraction of sp³-hybridized carbons (Fsp3) is 0.435. The highest BCUT2D eigenvalue weighted by Gasteiger charge is 2.33. The Morgan fingerprint density at radius 3 is 2.41 bits per heavy atom. The molecule has 1 aliphatic carbocycles. The van der Waals surface area contributed by atoms with Gasteiger partial charge in [-0.1, -0.05) is 37.3 Å². The summed E-state index contributed by atoms with van der Waals surface area (Å²) in [6.07, 6.45) is 8.77. The zero-order chi connectivity index (χ0) is 21.0. The number of carbonyl (C=O) groups is 2. The van der Waals surface area contributed by atoms with Crippen molar-refractivity contribution in [3.8, 4) is 0 Å². The molecule has 1 aliphatic rings. The number of carbonyl (C=O) groups excluding carboxylic acids is 1. The molecule has 1 N–H and O–H groups in total. The van der Waals surface area contributed by atoms with E-state index in [9.17, 15) is 14.7 Å². The van der Waals surface area contributed by atoms with Crippen molar-refractivity contribution in [2.45, 2.75) is 52.5 Å². The maximum Gasteiger partial charge on any atom is 0.341 e. The second kappa shape index (κ2) is 9.07. The Morgan fingerprint density at radius 1 is 1.17 bits per heavy atom. The lowest BCUT2D eigenvalue weighted by atomic mass is 9.82. The van der Waals surface area contributed by atoms with Gasteiger partial charge in [0.05, 0.1) is 0 Å². The predicted molar refractivity (Wildman–Crippen MR) is 115 cm³/mol. The molecule has 2 aromatic rings. The van der Waals surface area contributed by atoms with E-state index in [-0.39, 0.29) is 29.2 Å². The maximum atomic E-state index is 13.3. The summed E-state index contributed by atoms with van der Waals surface area (Å²) in [5, 5.41) is 14.2. The lowest BCUT2D eigenvalue weighted by Crippen LogP contribution is -2.43. The molecule has 154 valence electrons. The number of benzene rings is 1. The summed E-state index contributed by atoms with van der Waals surface area (Å²) in [5.74, 6) is -0.320. The van der Waals surface area contributed by atoms with E-state index in [1.807, 2.05) is 50.3 Å². The zero-order valence-electron chi connectivity index (χ0n) is 17.3. The van der Waals surface area contributed by atoms with Crippen molar-refractivity contribution in [2.24, 2.45) is 11.8 Å². The van der Waals surface area contributed by atoms with Gasteiger partial charge in [-0.2, -0.15) is 0 Å². The summed E-state index contributed by atoms with van der Waals surface area (Å²) in [7, 11) is 0. The molecule has 1 saturated carbocycles. The molecule has 3 rings (SSSR count). The number of anilines is 1. The van der Waals surface area contributed by atoms with E-state index in [1.165, 1.54) is 10.9 Å². The molecule has 1 aromatic heterocycles. The van der Waals surface area contributed by atoms with Gasteiger partial charge < -0.3 is 5.11 Å². The highest BCUT2D eigenvalue weighted by molar-refractivity contribution is 6.01. The summed E-state index contributed by atoms with van der Waals surface area (Å²) in [6.45, 7) is 6.01. The van der Waals surface area contributed by atoms with Crippen molar-refractivity contribution in [2.75, 3.05) is 4.90 Å². The van der Waals surface area contributed by atoms with Crippen LogP contribution >= 0.6 is 0 Å². The third-order valence-electron chi connectivity index (χ3n) is 5.51. The van der Waals surface area contributed by atoms with Crippen LogP contribution in [0.5, 0.6) is 0 Å². The quantitative estimate of drug-likeness (QED) is 0.764. The number of carboxylic acid groups (broad SMARTS) is 1. The average molecular weight is 396 g/mol. The fourth-order valence-corrected chi connectivity index (χ4v) is 3.82. The summed E-state index contributed by atoms with van der Waals surface area (Å²) < 4.78 is 1.47. The lowest BCUT2D eigenvalue weighted by molar-refractivity contribution is -0.123. The van der Waals surface area contributed by atoms with Crippen LogP contribution in [0.25, 0.3) is 12.3 Å². The Balaban J connectivity index is 1.91. The number of nitrogens with zero attached hydrogens (tertiary/aromatic N) is 3. The molecule has 0 spiro atoms. The van der Waals surface area contributed by atoms with Crippen molar-refractivity contribution in [3.05, 3.63) is 47.7 Å². The Kier molecular flexibility index (Phi) is 6.52.